The zero-order valence-electron chi connectivity index (χ0n) is 10.3. The Labute approximate surface area is 103 Å². The van der Waals surface area contributed by atoms with Gasteiger partial charge in [-0.2, -0.15) is 0 Å². The van der Waals surface area contributed by atoms with Gasteiger partial charge in [0.05, 0.1) is 0 Å². The van der Waals surface area contributed by atoms with E-state index in [4.69, 9.17) is 0 Å². The third-order valence-corrected chi connectivity index (χ3v) is 4.17. The molecule has 1 heterocycles. The molecule has 92 valence electrons. The van der Waals surface area contributed by atoms with E-state index in [-0.39, 0.29) is 0 Å². The number of hydrogen-bond donors (Lipinski definition) is 1. The Morgan fingerprint density at radius 1 is 1.00 bits per heavy atom. The van der Waals surface area contributed by atoms with E-state index in [2.05, 4.69) is 17.0 Å². The van der Waals surface area contributed by atoms with Crippen molar-refractivity contribution in [2.75, 3.05) is 19.6 Å². The van der Waals surface area contributed by atoms with Gasteiger partial charge in [-0.25, -0.2) is 0 Å². The molecule has 0 radical (unpaired) electrons. The number of piperidine rings is 1. The molecule has 1 aromatic carbocycles. The van der Waals surface area contributed by atoms with Gasteiger partial charge in [-0.05, 0) is 68.3 Å². The Morgan fingerprint density at radius 3 is 2.24 bits per heavy atom. The van der Waals surface area contributed by atoms with Crippen LogP contribution < -0.4 is 0 Å². The summed E-state index contributed by atoms with van der Waals surface area (Å²) in [5.41, 5.74) is 1.40. The number of benzene rings is 1. The highest BCUT2D eigenvalue weighted by Gasteiger charge is 2.27. The standard InChI is InChI=1S/C15H21NO/c17-15-5-3-13(4-6-15)14-7-9-16(10-8-14)11-12-1-2-12/h3-6,12,14,17H,1-2,7-11H2. The second kappa shape index (κ2) is 4.69. The van der Waals surface area contributed by atoms with Crippen molar-refractivity contribution in [2.45, 2.75) is 31.6 Å². The van der Waals surface area contributed by atoms with Gasteiger partial charge in [0.1, 0.15) is 5.75 Å². The van der Waals surface area contributed by atoms with Crippen LogP contribution in [0.25, 0.3) is 0 Å². The van der Waals surface area contributed by atoms with Gasteiger partial charge in [0.15, 0.2) is 0 Å². The molecule has 1 aromatic rings. The second-order valence-corrected chi connectivity index (χ2v) is 5.61. The smallest absolute Gasteiger partial charge is 0.115 e. The SMILES string of the molecule is Oc1ccc(C2CCN(CC3CC3)CC2)cc1. The molecule has 2 fully saturated rings. The maximum absolute atomic E-state index is 9.29. The van der Waals surface area contributed by atoms with E-state index in [1.165, 1.54) is 50.9 Å². The number of phenolic OH excluding ortho intramolecular Hbond substituents is 1. The lowest BCUT2D eigenvalue weighted by Gasteiger charge is -2.32. The first-order valence-electron chi connectivity index (χ1n) is 6.82. The van der Waals surface area contributed by atoms with Crippen molar-refractivity contribution < 1.29 is 5.11 Å². The third-order valence-electron chi connectivity index (χ3n) is 4.17. The van der Waals surface area contributed by atoms with E-state index in [1.54, 1.807) is 0 Å². The number of hydrogen-bond acceptors (Lipinski definition) is 2. The molecule has 0 aromatic heterocycles. The minimum Gasteiger partial charge on any atom is -0.508 e. The van der Waals surface area contributed by atoms with Crippen molar-refractivity contribution in [3.05, 3.63) is 29.8 Å². The Bertz CT molecular complexity index is 361. The van der Waals surface area contributed by atoms with Crippen molar-refractivity contribution >= 4 is 0 Å². The summed E-state index contributed by atoms with van der Waals surface area (Å²) in [5.74, 6) is 2.09. The molecule has 2 heteroatoms. The average molecular weight is 231 g/mol. The van der Waals surface area contributed by atoms with Crippen molar-refractivity contribution in [3.8, 4) is 5.75 Å². The van der Waals surface area contributed by atoms with E-state index in [0.717, 1.165) is 5.92 Å². The van der Waals surface area contributed by atoms with Crippen LogP contribution in [0.4, 0.5) is 0 Å². The summed E-state index contributed by atoms with van der Waals surface area (Å²) in [6.45, 7) is 3.84. The highest BCUT2D eigenvalue weighted by Crippen LogP contribution is 2.33. The van der Waals surface area contributed by atoms with Crippen LogP contribution in [0.5, 0.6) is 5.75 Å². The van der Waals surface area contributed by atoms with E-state index in [9.17, 15) is 5.11 Å². The molecular weight excluding hydrogens is 210 g/mol. The van der Waals surface area contributed by atoms with Crippen LogP contribution in [0.15, 0.2) is 24.3 Å². The van der Waals surface area contributed by atoms with Crippen LogP contribution in [0.1, 0.15) is 37.2 Å². The summed E-state index contributed by atoms with van der Waals surface area (Å²) in [5, 5.41) is 9.29. The van der Waals surface area contributed by atoms with E-state index < -0.39 is 0 Å². The van der Waals surface area contributed by atoms with E-state index >= 15 is 0 Å². The van der Waals surface area contributed by atoms with Gasteiger partial charge in [-0.15, -0.1) is 0 Å². The van der Waals surface area contributed by atoms with Crippen molar-refractivity contribution in [3.63, 3.8) is 0 Å². The molecule has 17 heavy (non-hydrogen) atoms. The summed E-state index contributed by atoms with van der Waals surface area (Å²) >= 11 is 0. The first kappa shape index (κ1) is 11.1. The monoisotopic (exact) mass is 231 g/mol. The molecule has 0 amide bonds. The summed E-state index contributed by atoms with van der Waals surface area (Å²) in [4.78, 5) is 2.63. The molecule has 3 rings (SSSR count). The molecule has 1 saturated heterocycles. The number of rotatable bonds is 3. The van der Waals surface area contributed by atoms with Gasteiger partial charge in [0.2, 0.25) is 0 Å². The molecular formula is C15H21NO. The van der Waals surface area contributed by atoms with Crippen LogP contribution in [0.3, 0.4) is 0 Å². The van der Waals surface area contributed by atoms with Crippen molar-refractivity contribution in [2.24, 2.45) is 5.92 Å². The Kier molecular flexibility index (Phi) is 3.06. The fourth-order valence-corrected chi connectivity index (χ4v) is 2.86. The first-order chi connectivity index (χ1) is 8.31. The van der Waals surface area contributed by atoms with Crippen LogP contribution in [0.2, 0.25) is 0 Å². The topological polar surface area (TPSA) is 23.5 Å². The zero-order valence-corrected chi connectivity index (χ0v) is 10.3. The molecule has 2 nitrogen and oxygen atoms in total. The van der Waals surface area contributed by atoms with Gasteiger partial charge in [-0.3, -0.25) is 0 Å². The number of aromatic hydroxyl groups is 1. The van der Waals surface area contributed by atoms with Crippen LogP contribution in [-0.2, 0) is 0 Å². The van der Waals surface area contributed by atoms with Crippen LogP contribution >= 0.6 is 0 Å². The van der Waals surface area contributed by atoms with Gasteiger partial charge >= 0.3 is 0 Å². The van der Waals surface area contributed by atoms with Crippen molar-refractivity contribution in [1.29, 1.82) is 0 Å². The largest absolute Gasteiger partial charge is 0.508 e. The lowest BCUT2D eigenvalue weighted by atomic mass is 9.89. The fraction of sp³-hybridized carbons (Fsp3) is 0.600. The maximum atomic E-state index is 9.29. The molecule has 1 aliphatic carbocycles. The average Bonchev–Trinajstić information content (AvgIpc) is 3.15. The fourth-order valence-electron chi connectivity index (χ4n) is 2.86. The normalized spacial score (nSPS) is 22.8. The molecule has 0 unspecified atom stereocenters. The quantitative estimate of drug-likeness (QED) is 0.864. The first-order valence-corrected chi connectivity index (χ1v) is 6.82. The third kappa shape index (κ3) is 2.81. The molecule has 0 bridgehead atoms. The molecule has 1 saturated carbocycles. The summed E-state index contributed by atoms with van der Waals surface area (Å²) < 4.78 is 0. The predicted molar refractivity (Wildman–Crippen MR) is 69.2 cm³/mol. The molecule has 0 atom stereocenters. The Balaban J connectivity index is 1.54. The Hall–Kier alpha value is -1.02. The van der Waals surface area contributed by atoms with Crippen LogP contribution in [0, 0.1) is 5.92 Å². The lowest BCUT2D eigenvalue weighted by Crippen LogP contribution is -2.34. The number of phenols is 1. The van der Waals surface area contributed by atoms with Gasteiger partial charge in [-0.1, -0.05) is 12.1 Å². The predicted octanol–water partition coefficient (Wildman–Crippen LogP) is 2.98. The van der Waals surface area contributed by atoms with Gasteiger partial charge < -0.3 is 10.0 Å². The van der Waals surface area contributed by atoms with Gasteiger partial charge in [0.25, 0.3) is 0 Å². The van der Waals surface area contributed by atoms with E-state index in [1.807, 2.05) is 12.1 Å². The lowest BCUT2D eigenvalue weighted by molar-refractivity contribution is 0.204. The highest BCUT2D eigenvalue weighted by atomic mass is 16.3. The highest BCUT2D eigenvalue weighted by molar-refractivity contribution is 5.28. The van der Waals surface area contributed by atoms with E-state index in [0.29, 0.717) is 11.7 Å². The molecule has 2 aliphatic rings. The van der Waals surface area contributed by atoms with Crippen LogP contribution in [-0.4, -0.2) is 29.6 Å². The van der Waals surface area contributed by atoms with Crippen molar-refractivity contribution in [1.82, 2.24) is 4.90 Å². The molecule has 1 aliphatic heterocycles. The van der Waals surface area contributed by atoms with Gasteiger partial charge in [0, 0.05) is 6.54 Å². The summed E-state index contributed by atoms with van der Waals surface area (Å²) in [7, 11) is 0. The summed E-state index contributed by atoms with van der Waals surface area (Å²) in [6, 6.07) is 7.78. The Morgan fingerprint density at radius 2 is 1.65 bits per heavy atom. The number of likely N-dealkylation sites (tertiary alicyclic amines) is 1. The minimum atomic E-state index is 0.375. The maximum Gasteiger partial charge on any atom is 0.115 e. The zero-order chi connectivity index (χ0) is 11.7. The summed E-state index contributed by atoms with van der Waals surface area (Å²) in [6.07, 6.45) is 5.46. The minimum absolute atomic E-state index is 0.375. The molecule has 1 N–H and O–H groups in total. The number of nitrogens with zero attached hydrogens (tertiary/aromatic N) is 1. The molecule has 0 spiro atoms. The second-order valence-electron chi connectivity index (χ2n) is 5.61.